The van der Waals surface area contributed by atoms with Gasteiger partial charge in [-0.05, 0) is 83.0 Å². The number of nitrogens with one attached hydrogen (secondary N) is 1. The summed E-state index contributed by atoms with van der Waals surface area (Å²) in [7, 11) is 0. The van der Waals surface area contributed by atoms with Gasteiger partial charge in [0.05, 0.1) is 12.6 Å². The van der Waals surface area contributed by atoms with E-state index in [2.05, 4.69) is 78.2 Å². The van der Waals surface area contributed by atoms with Gasteiger partial charge in [0.15, 0.2) is 0 Å². The third-order valence-electron chi connectivity index (χ3n) is 4.04. The number of halogens is 1. The summed E-state index contributed by atoms with van der Waals surface area (Å²) in [6, 6.07) is 13.5. The number of benzene rings is 2. The average Bonchev–Trinajstić information content (AvgIpc) is 2.94. The van der Waals surface area contributed by atoms with Crippen molar-refractivity contribution in [2.45, 2.75) is 32.7 Å². The van der Waals surface area contributed by atoms with Crippen LogP contribution in [-0.2, 0) is 6.42 Å². The van der Waals surface area contributed by atoms with Crippen LogP contribution in [0.15, 0.2) is 36.4 Å². The summed E-state index contributed by atoms with van der Waals surface area (Å²) < 4.78 is 6.87. The second kappa shape index (κ2) is 6.26. The highest BCUT2D eigenvalue weighted by Gasteiger charge is 2.16. The van der Waals surface area contributed by atoms with Crippen LogP contribution in [0.1, 0.15) is 36.1 Å². The molecule has 0 aromatic heterocycles. The van der Waals surface area contributed by atoms with E-state index in [1.807, 2.05) is 0 Å². The molecular formula is C18H20INO. The van der Waals surface area contributed by atoms with Gasteiger partial charge in [-0.15, -0.1) is 0 Å². The van der Waals surface area contributed by atoms with Crippen LogP contribution in [0.3, 0.4) is 0 Å². The molecule has 0 radical (unpaired) electrons. The Bertz CT molecular complexity index is 654. The number of aryl methyl sites for hydroxylation is 1. The number of hydrogen-bond acceptors (Lipinski definition) is 2. The first kappa shape index (κ1) is 14.7. The Labute approximate surface area is 140 Å². The lowest BCUT2D eigenvalue weighted by Crippen LogP contribution is -2.11. The Morgan fingerprint density at radius 2 is 2.10 bits per heavy atom. The van der Waals surface area contributed by atoms with Gasteiger partial charge in [-0.2, -0.15) is 0 Å². The summed E-state index contributed by atoms with van der Waals surface area (Å²) >= 11 is 2.35. The van der Waals surface area contributed by atoms with Gasteiger partial charge in [-0.1, -0.05) is 13.0 Å². The van der Waals surface area contributed by atoms with Crippen LogP contribution in [0.5, 0.6) is 5.75 Å². The molecule has 2 nitrogen and oxygen atoms in total. The van der Waals surface area contributed by atoms with E-state index in [-0.39, 0.29) is 0 Å². The SMILES string of the molecule is CCC(Nc1ccc(I)cc1C)c1ccc2c(c1)CCO2. The van der Waals surface area contributed by atoms with E-state index in [9.17, 15) is 0 Å². The number of rotatable bonds is 4. The van der Waals surface area contributed by atoms with Crippen LogP contribution in [0.25, 0.3) is 0 Å². The maximum absolute atomic E-state index is 5.60. The van der Waals surface area contributed by atoms with Crippen molar-refractivity contribution in [3.63, 3.8) is 0 Å². The summed E-state index contributed by atoms with van der Waals surface area (Å²) in [6.45, 7) is 5.20. The van der Waals surface area contributed by atoms with Crippen LogP contribution in [0.4, 0.5) is 5.69 Å². The highest BCUT2D eigenvalue weighted by molar-refractivity contribution is 14.1. The summed E-state index contributed by atoms with van der Waals surface area (Å²) in [5, 5.41) is 3.69. The van der Waals surface area contributed by atoms with E-state index in [0.29, 0.717) is 6.04 Å². The van der Waals surface area contributed by atoms with Crippen LogP contribution in [0.2, 0.25) is 0 Å². The van der Waals surface area contributed by atoms with Crippen molar-refractivity contribution in [1.82, 2.24) is 0 Å². The van der Waals surface area contributed by atoms with Crippen molar-refractivity contribution in [2.75, 3.05) is 11.9 Å². The van der Waals surface area contributed by atoms with Crippen molar-refractivity contribution in [2.24, 2.45) is 0 Å². The first-order chi connectivity index (χ1) is 10.2. The second-order valence-corrected chi connectivity index (χ2v) is 6.78. The zero-order valence-corrected chi connectivity index (χ0v) is 14.6. The molecule has 21 heavy (non-hydrogen) atoms. The van der Waals surface area contributed by atoms with E-state index < -0.39 is 0 Å². The molecule has 1 aliphatic heterocycles. The van der Waals surface area contributed by atoms with E-state index >= 15 is 0 Å². The Balaban J connectivity index is 1.85. The Hall–Kier alpha value is -1.23. The van der Waals surface area contributed by atoms with Crippen molar-refractivity contribution >= 4 is 28.3 Å². The van der Waals surface area contributed by atoms with Crippen molar-refractivity contribution < 1.29 is 4.74 Å². The molecule has 1 unspecified atom stereocenters. The van der Waals surface area contributed by atoms with Gasteiger partial charge in [0.1, 0.15) is 5.75 Å². The van der Waals surface area contributed by atoms with Crippen LogP contribution in [0, 0.1) is 10.5 Å². The van der Waals surface area contributed by atoms with E-state index in [0.717, 1.165) is 25.2 Å². The third kappa shape index (κ3) is 3.18. The largest absolute Gasteiger partial charge is 0.493 e. The van der Waals surface area contributed by atoms with Gasteiger partial charge in [-0.3, -0.25) is 0 Å². The minimum Gasteiger partial charge on any atom is -0.493 e. The molecule has 110 valence electrons. The summed E-state index contributed by atoms with van der Waals surface area (Å²) in [5.41, 5.74) is 5.20. The molecule has 2 aromatic carbocycles. The Morgan fingerprint density at radius 3 is 2.86 bits per heavy atom. The molecule has 0 bridgehead atoms. The molecule has 1 N–H and O–H groups in total. The molecular weight excluding hydrogens is 373 g/mol. The van der Waals surface area contributed by atoms with Gasteiger partial charge in [0.25, 0.3) is 0 Å². The third-order valence-corrected chi connectivity index (χ3v) is 4.71. The quantitative estimate of drug-likeness (QED) is 0.730. The highest BCUT2D eigenvalue weighted by atomic mass is 127. The van der Waals surface area contributed by atoms with Crippen molar-refractivity contribution in [3.05, 3.63) is 56.7 Å². The molecule has 3 rings (SSSR count). The minimum atomic E-state index is 0.342. The summed E-state index contributed by atoms with van der Waals surface area (Å²) in [4.78, 5) is 0. The molecule has 0 aliphatic carbocycles. The van der Waals surface area contributed by atoms with E-state index in [1.165, 1.54) is 25.9 Å². The topological polar surface area (TPSA) is 21.3 Å². The fraction of sp³-hybridized carbons (Fsp3) is 0.333. The molecule has 0 spiro atoms. The predicted octanol–water partition coefficient (Wildman–Crippen LogP) is 5.10. The first-order valence-electron chi connectivity index (χ1n) is 7.45. The average molecular weight is 393 g/mol. The summed E-state index contributed by atoms with van der Waals surface area (Å²) in [5.74, 6) is 1.05. The number of hydrogen-bond donors (Lipinski definition) is 1. The first-order valence-corrected chi connectivity index (χ1v) is 8.53. The van der Waals surface area contributed by atoms with E-state index in [4.69, 9.17) is 4.74 Å². The molecule has 1 atom stereocenters. The second-order valence-electron chi connectivity index (χ2n) is 5.53. The zero-order valence-electron chi connectivity index (χ0n) is 12.4. The van der Waals surface area contributed by atoms with Crippen LogP contribution >= 0.6 is 22.6 Å². The molecule has 0 fully saturated rings. The van der Waals surface area contributed by atoms with Gasteiger partial charge in [-0.25, -0.2) is 0 Å². The van der Waals surface area contributed by atoms with Crippen molar-refractivity contribution in [1.29, 1.82) is 0 Å². The van der Waals surface area contributed by atoms with Gasteiger partial charge >= 0.3 is 0 Å². The lowest BCUT2D eigenvalue weighted by atomic mass is 10.00. The fourth-order valence-electron chi connectivity index (χ4n) is 2.82. The fourth-order valence-corrected chi connectivity index (χ4v) is 3.47. The lowest BCUT2D eigenvalue weighted by Gasteiger charge is -2.21. The number of ether oxygens (including phenoxy) is 1. The standard InChI is InChI=1S/C18H20INO/c1-3-16(20-17-6-5-15(19)10-12(17)2)13-4-7-18-14(11-13)8-9-21-18/h4-7,10-11,16,20H,3,8-9H2,1-2H3. The maximum atomic E-state index is 5.60. The van der Waals surface area contributed by atoms with Crippen LogP contribution in [-0.4, -0.2) is 6.61 Å². The van der Waals surface area contributed by atoms with Crippen molar-refractivity contribution in [3.8, 4) is 5.75 Å². The summed E-state index contributed by atoms with van der Waals surface area (Å²) in [6.07, 6.45) is 2.09. The van der Waals surface area contributed by atoms with Gasteiger partial charge in [0.2, 0.25) is 0 Å². The smallest absolute Gasteiger partial charge is 0.122 e. The molecule has 0 amide bonds. The molecule has 2 aromatic rings. The van der Waals surface area contributed by atoms with E-state index in [1.54, 1.807) is 0 Å². The van der Waals surface area contributed by atoms with Gasteiger partial charge in [0, 0.05) is 15.7 Å². The molecule has 0 saturated heterocycles. The normalized spacial score (nSPS) is 14.4. The maximum Gasteiger partial charge on any atom is 0.122 e. The molecule has 3 heteroatoms. The Morgan fingerprint density at radius 1 is 1.24 bits per heavy atom. The molecule has 1 aliphatic rings. The highest BCUT2D eigenvalue weighted by Crippen LogP contribution is 2.31. The lowest BCUT2D eigenvalue weighted by molar-refractivity contribution is 0.357. The van der Waals surface area contributed by atoms with Crippen LogP contribution < -0.4 is 10.1 Å². The number of anilines is 1. The number of fused-ring (bicyclic) bond motifs is 1. The monoisotopic (exact) mass is 393 g/mol. The minimum absolute atomic E-state index is 0.342. The predicted molar refractivity (Wildman–Crippen MR) is 96.2 cm³/mol. The molecule has 0 saturated carbocycles. The zero-order chi connectivity index (χ0) is 14.8. The Kier molecular flexibility index (Phi) is 4.38. The van der Waals surface area contributed by atoms with Gasteiger partial charge < -0.3 is 10.1 Å². The molecule has 1 heterocycles.